The molecule has 0 fully saturated rings. The predicted octanol–water partition coefficient (Wildman–Crippen LogP) is 1.45. The van der Waals surface area contributed by atoms with Gasteiger partial charge in [0.1, 0.15) is 0 Å². The standard InChI is InChI=1S/C9H11NO2/c1-5-2-6-3-8(11)9(12)4-7(6)10-5/h3-5,10-12H,2H2,1H3/t5-/m1/s1. The van der Waals surface area contributed by atoms with E-state index >= 15 is 0 Å². The third-order valence-corrected chi connectivity index (χ3v) is 2.13. The van der Waals surface area contributed by atoms with Gasteiger partial charge in [-0.25, -0.2) is 0 Å². The Bertz CT molecular complexity index is 292. The van der Waals surface area contributed by atoms with Crippen molar-refractivity contribution in [1.82, 2.24) is 0 Å². The van der Waals surface area contributed by atoms with E-state index in [0.717, 1.165) is 17.7 Å². The highest BCUT2D eigenvalue weighted by Gasteiger charge is 2.18. The number of hydrogen-bond acceptors (Lipinski definition) is 3. The van der Waals surface area contributed by atoms with E-state index < -0.39 is 0 Å². The van der Waals surface area contributed by atoms with Gasteiger partial charge in [-0.1, -0.05) is 0 Å². The SMILES string of the molecule is C[C@@H]1Cc2cc(O)c(O)cc2N1. The summed E-state index contributed by atoms with van der Waals surface area (Å²) in [5, 5.41) is 21.6. The molecule has 12 heavy (non-hydrogen) atoms. The minimum absolute atomic E-state index is 0.0374. The number of phenolic OH excluding ortho intramolecular Hbond substituents is 2. The number of rotatable bonds is 0. The molecular formula is C9H11NO2. The van der Waals surface area contributed by atoms with Crippen molar-refractivity contribution in [3.05, 3.63) is 17.7 Å². The van der Waals surface area contributed by atoms with Crippen molar-refractivity contribution in [3.63, 3.8) is 0 Å². The number of aromatic hydroxyl groups is 2. The van der Waals surface area contributed by atoms with Crippen LogP contribution in [-0.4, -0.2) is 16.3 Å². The van der Waals surface area contributed by atoms with Crippen molar-refractivity contribution >= 4 is 5.69 Å². The van der Waals surface area contributed by atoms with E-state index in [1.807, 2.05) is 0 Å². The minimum atomic E-state index is -0.0599. The van der Waals surface area contributed by atoms with Crippen molar-refractivity contribution in [1.29, 1.82) is 0 Å². The van der Waals surface area contributed by atoms with Crippen LogP contribution in [0.5, 0.6) is 11.5 Å². The first-order valence-electron chi connectivity index (χ1n) is 3.98. The minimum Gasteiger partial charge on any atom is -0.504 e. The Hall–Kier alpha value is -1.38. The van der Waals surface area contributed by atoms with E-state index in [0.29, 0.717) is 6.04 Å². The summed E-state index contributed by atoms with van der Waals surface area (Å²) in [7, 11) is 0. The third-order valence-electron chi connectivity index (χ3n) is 2.13. The van der Waals surface area contributed by atoms with Gasteiger partial charge in [-0.3, -0.25) is 0 Å². The van der Waals surface area contributed by atoms with Crippen LogP contribution in [-0.2, 0) is 6.42 Å². The molecule has 64 valence electrons. The number of phenols is 2. The summed E-state index contributed by atoms with van der Waals surface area (Å²) in [6.07, 6.45) is 0.906. The van der Waals surface area contributed by atoms with Gasteiger partial charge in [0.05, 0.1) is 0 Å². The predicted molar refractivity (Wildman–Crippen MR) is 46.6 cm³/mol. The Labute approximate surface area is 70.7 Å². The lowest BCUT2D eigenvalue weighted by atomic mass is 10.1. The first kappa shape index (κ1) is 7.28. The van der Waals surface area contributed by atoms with Gasteiger partial charge in [0, 0.05) is 17.8 Å². The van der Waals surface area contributed by atoms with Crippen LogP contribution < -0.4 is 5.32 Å². The Balaban J connectivity index is 2.48. The maximum Gasteiger partial charge on any atom is 0.159 e. The molecule has 0 saturated carbocycles. The first-order valence-corrected chi connectivity index (χ1v) is 3.98. The number of benzene rings is 1. The molecule has 0 spiro atoms. The highest BCUT2D eigenvalue weighted by Crippen LogP contribution is 2.35. The second-order valence-electron chi connectivity index (χ2n) is 3.25. The molecule has 3 heteroatoms. The van der Waals surface area contributed by atoms with Gasteiger partial charge in [0.25, 0.3) is 0 Å². The molecule has 0 bridgehead atoms. The molecule has 2 rings (SSSR count). The monoisotopic (exact) mass is 165 g/mol. The van der Waals surface area contributed by atoms with Crippen LogP contribution in [0.25, 0.3) is 0 Å². The lowest BCUT2D eigenvalue weighted by Crippen LogP contribution is -2.08. The summed E-state index contributed by atoms with van der Waals surface area (Å²) < 4.78 is 0. The van der Waals surface area contributed by atoms with E-state index in [1.54, 1.807) is 12.1 Å². The highest BCUT2D eigenvalue weighted by molar-refractivity contribution is 5.63. The van der Waals surface area contributed by atoms with Crippen LogP contribution in [0.2, 0.25) is 0 Å². The topological polar surface area (TPSA) is 52.5 Å². The quantitative estimate of drug-likeness (QED) is 0.403. The van der Waals surface area contributed by atoms with Gasteiger partial charge in [0.15, 0.2) is 11.5 Å². The summed E-state index contributed by atoms with van der Waals surface area (Å²) in [5.74, 6) is -0.0972. The maximum absolute atomic E-state index is 9.19. The van der Waals surface area contributed by atoms with Crippen LogP contribution in [0.4, 0.5) is 5.69 Å². The zero-order chi connectivity index (χ0) is 8.72. The second kappa shape index (κ2) is 2.30. The van der Waals surface area contributed by atoms with E-state index in [2.05, 4.69) is 12.2 Å². The van der Waals surface area contributed by atoms with Crippen LogP contribution in [0.1, 0.15) is 12.5 Å². The van der Waals surface area contributed by atoms with Gasteiger partial charge in [-0.2, -0.15) is 0 Å². The highest BCUT2D eigenvalue weighted by atomic mass is 16.3. The van der Waals surface area contributed by atoms with Crippen molar-refractivity contribution in [2.75, 3.05) is 5.32 Å². The first-order chi connectivity index (χ1) is 5.66. The van der Waals surface area contributed by atoms with Crippen LogP contribution in [0.15, 0.2) is 12.1 Å². The molecule has 0 unspecified atom stereocenters. The largest absolute Gasteiger partial charge is 0.504 e. The lowest BCUT2D eigenvalue weighted by Gasteiger charge is -2.03. The molecule has 3 N–H and O–H groups in total. The number of hydrogen-bond donors (Lipinski definition) is 3. The lowest BCUT2D eigenvalue weighted by molar-refractivity contribution is 0.403. The molecule has 1 aliphatic heterocycles. The van der Waals surface area contributed by atoms with Gasteiger partial charge in [-0.05, 0) is 25.0 Å². The smallest absolute Gasteiger partial charge is 0.159 e. The van der Waals surface area contributed by atoms with Crippen LogP contribution >= 0.6 is 0 Å². The molecule has 1 aromatic rings. The summed E-state index contributed by atoms with van der Waals surface area (Å²) in [4.78, 5) is 0. The molecule has 1 aliphatic rings. The Morgan fingerprint density at radius 3 is 2.75 bits per heavy atom. The average Bonchev–Trinajstić information content (AvgIpc) is 2.30. The fourth-order valence-electron chi connectivity index (χ4n) is 1.57. The van der Waals surface area contributed by atoms with Gasteiger partial charge >= 0.3 is 0 Å². The number of fused-ring (bicyclic) bond motifs is 1. The second-order valence-corrected chi connectivity index (χ2v) is 3.25. The number of anilines is 1. The molecular weight excluding hydrogens is 154 g/mol. The molecule has 0 amide bonds. The average molecular weight is 165 g/mol. The summed E-state index contributed by atoms with van der Waals surface area (Å²) in [5.41, 5.74) is 2.00. The molecule has 1 aromatic carbocycles. The molecule has 0 radical (unpaired) electrons. The van der Waals surface area contributed by atoms with Crippen LogP contribution in [0.3, 0.4) is 0 Å². The van der Waals surface area contributed by atoms with E-state index in [1.165, 1.54) is 0 Å². The third kappa shape index (κ3) is 0.978. The van der Waals surface area contributed by atoms with E-state index in [4.69, 9.17) is 0 Å². The maximum atomic E-state index is 9.19. The Kier molecular flexibility index (Phi) is 1.40. The van der Waals surface area contributed by atoms with Crippen molar-refractivity contribution in [3.8, 4) is 11.5 Å². The Morgan fingerprint density at radius 1 is 1.33 bits per heavy atom. The van der Waals surface area contributed by atoms with E-state index in [-0.39, 0.29) is 11.5 Å². The number of nitrogens with one attached hydrogen (secondary N) is 1. The fraction of sp³-hybridized carbons (Fsp3) is 0.333. The van der Waals surface area contributed by atoms with Gasteiger partial charge < -0.3 is 15.5 Å². The van der Waals surface area contributed by atoms with Crippen molar-refractivity contribution in [2.45, 2.75) is 19.4 Å². The molecule has 1 atom stereocenters. The molecule has 1 heterocycles. The summed E-state index contributed by atoms with van der Waals surface area (Å²) in [6, 6.07) is 3.57. The molecule has 0 aliphatic carbocycles. The van der Waals surface area contributed by atoms with Crippen molar-refractivity contribution in [2.24, 2.45) is 0 Å². The molecule has 0 saturated heterocycles. The summed E-state index contributed by atoms with van der Waals surface area (Å²) >= 11 is 0. The van der Waals surface area contributed by atoms with E-state index in [9.17, 15) is 10.2 Å². The summed E-state index contributed by atoms with van der Waals surface area (Å²) in [6.45, 7) is 2.06. The zero-order valence-corrected chi connectivity index (χ0v) is 6.83. The fourth-order valence-corrected chi connectivity index (χ4v) is 1.57. The van der Waals surface area contributed by atoms with Gasteiger partial charge in [0.2, 0.25) is 0 Å². The molecule has 3 nitrogen and oxygen atoms in total. The zero-order valence-electron chi connectivity index (χ0n) is 6.83. The van der Waals surface area contributed by atoms with Crippen molar-refractivity contribution < 1.29 is 10.2 Å². The molecule has 0 aromatic heterocycles. The Morgan fingerprint density at radius 2 is 2.00 bits per heavy atom. The normalized spacial score (nSPS) is 20.2. The van der Waals surface area contributed by atoms with Gasteiger partial charge in [-0.15, -0.1) is 0 Å². The van der Waals surface area contributed by atoms with Crippen LogP contribution in [0, 0.1) is 0 Å².